The first kappa shape index (κ1) is 13.2. The van der Waals surface area contributed by atoms with Gasteiger partial charge in [0.15, 0.2) is 0 Å². The maximum atomic E-state index is 6.24. The fourth-order valence-corrected chi connectivity index (χ4v) is 3.44. The molecule has 0 saturated heterocycles. The van der Waals surface area contributed by atoms with Crippen molar-refractivity contribution in [3.05, 3.63) is 54.7 Å². The Kier molecular flexibility index (Phi) is 4.01. The Labute approximate surface area is 119 Å². The quantitative estimate of drug-likeness (QED) is 0.824. The van der Waals surface area contributed by atoms with Crippen LogP contribution in [0.25, 0.3) is 0 Å². The molecule has 1 unspecified atom stereocenters. The van der Waals surface area contributed by atoms with Crippen LogP contribution in [0, 0.1) is 6.92 Å². The molecule has 1 nitrogen and oxygen atoms in total. The van der Waals surface area contributed by atoms with Gasteiger partial charge in [0, 0.05) is 10.6 Å². The molecule has 1 heterocycles. The average molecular weight is 307 g/mol. The van der Waals surface area contributed by atoms with Crippen molar-refractivity contribution in [2.75, 3.05) is 0 Å². The Bertz CT molecular complexity index is 551. The molecule has 0 aliphatic heterocycles. The highest BCUT2D eigenvalue weighted by Gasteiger charge is 2.18. The highest BCUT2D eigenvalue weighted by Crippen LogP contribution is 2.38. The second-order valence-electron chi connectivity index (χ2n) is 3.74. The largest absolute Gasteiger partial charge is 0.320 e. The van der Waals surface area contributed by atoms with E-state index in [1.54, 1.807) is 6.07 Å². The van der Waals surface area contributed by atoms with Gasteiger partial charge >= 0.3 is 0 Å². The molecule has 0 saturated carbocycles. The van der Waals surface area contributed by atoms with E-state index in [2.05, 4.69) is 0 Å². The average Bonchev–Trinajstić information content (AvgIpc) is 2.61. The Morgan fingerprint density at radius 3 is 2.47 bits per heavy atom. The van der Waals surface area contributed by atoms with Gasteiger partial charge in [0.05, 0.1) is 14.7 Å². The minimum absolute atomic E-state index is 0.348. The van der Waals surface area contributed by atoms with Crippen LogP contribution in [0.5, 0.6) is 0 Å². The summed E-state index contributed by atoms with van der Waals surface area (Å²) in [6, 6.07) is 7.22. The fraction of sp³-hybridized carbons (Fsp3) is 0.167. The van der Waals surface area contributed by atoms with Gasteiger partial charge < -0.3 is 5.73 Å². The lowest BCUT2D eigenvalue weighted by molar-refractivity contribution is 0.875. The number of aryl methyl sites for hydroxylation is 1. The molecule has 0 bridgehead atoms. The van der Waals surface area contributed by atoms with Gasteiger partial charge in [0.1, 0.15) is 0 Å². The molecule has 1 aromatic heterocycles. The van der Waals surface area contributed by atoms with Crippen LogP contribution in [0.3, 0.4) is 0 Å². The summed E-state index contributed by atoms with van der Waals surface area (Å²) in [4.78, 5) is 0. The first-order valence-corrected chi connectivity index (χ1v) is 6.91. The topological polar surface area (TPSA) is 26.0 Å². The van der Waals surface area contributed by atoms with Crippen molar-refractivity contribution in [1.82, 2.24) is 0 Å². The summed E-state index contributed by atoms with van der Waals surface area (Å²) in [7, 11) is 0. The third-order valence-corrected chi connectivity index (χ3v) is 4.61. The van der Waals surface area contributed by atoms with Crippen LogP contribution in [0.1, 0.15) is 22.7 Å². The van der Waals surface area contributed by atoms with Crippen LogP contribution >= 0.6 is 46.1 Å². The minimum atomic E-state index is -0.348. The SMILES string of the molecule is Cc1cccc(C(N)c2cc(Cl)sc2Cl)c1Cl. The second-order valence-corrected chi connectivity index (χ2v) is 6.40. The van der Waals surface area contributed by atoms with E-state index in [0.29, 0.717) is 13.7 Å². The summed E-state index contributed by atoms with van der Waals surface area (Å²) < 4.78 is 1.24. The summed E-state index contributed by atoms with van der Waals surface area (Å²) in [6.45, 7) is 1.95. The number of nitrogens with two attached hydrogens (primary N) is 1. The van der Waals surface area contributed by atoms with E-state index in [1.807, 2.05) is 25.1 Å². The summed E-state index contributed by atoms with van der Waals surface area (Å²) >= 11 is 19.6. The van der Waals surface area contributed by atoms with E-state index in [4.69, 9.17) is 40.5 Å². The maximum absolute atomic E-state index is 6.24. The predicted molar refractivity (Wildman–Crippen MR) is 76.6 cm³/mol. The van der Waals surface area contributed by atoms with Gasteiger partial charge in [-0.2, -0.15) is 0 Å². The molecule has 17 heavy (non-hydrogen) atoms. The van der Waals surface area contributed by atoms with Crippen LogP contribution in [-0.2, 0) is 0 Å². The van der Waals surface area contributed by atoms with E-state index in [9.17, 15) is 0 Å². The molecular formula is C12H10Cl3NS. The normalized spacial score (nSPS) is 12.8. The fourth-order valence-electron chi connectivity index (χ4n) is 1.64. The number of thiophene rings is 1. The molecule has 0 fully saturated rings. The Morgan fingerprint density at radius 1 is 1.18 bits per heavy atom. The van der Waals surface area contributed by atoms with Crippen LogP contribution < -0.4 is 5.73 Å². The third-order valence-electron chi connectivity index (χ3n) is 2.57. The summed E-state index contributed by atoms with van der Waals surface area (Å²) in [5, 5.41) is 0.679. The van der Waals surface area contributed by atoms with Crippen molar-refractivity contribution in [2.24, 2.45) is 5.73 Å². The monoisotopic (exact) mass is 305 g/mol. The van der Waals surface area contributed by atoms with Gasteiger partial charge in [-0.25, -0.2) is 0 Å². The van der Waals surface area contributed by atoms with Gasteiger partial charge in [-0.05, 0) is 24.1 Å². The van der Waals surface area contributed by atoms with E-state index in [0.717, 1.165) is 16.7 Å². The third kappa shape index (κ3) is 2.61. The van der Waals surface area contributed by atoms with Crippen molar-refractivity contribution >= 4 is 46.1 Å². The van der Waals surface area contributed by atoms with Crippen molar-refractivity contribution in [3.8, 4) is 0 Å². The second kappa shape index (κ2) is 5.17. The lowest BCUT2D eigenvalue weighted by Gasteiger charge is -2.14. The summed E-state index contributed by atoms with van der Waals surface area (Å²) in [5.74, 6) is 0. The zero-order chi connectivity index (χ0) is 12.6. The molecule has 0 amide bonds. The van der Waals surface area contributed by atoms with Crippen LogP contribution in [0.4, 0.5) is 0 Å². The van der Waals surface area contributed by atoms with Gasteiger partial charge in [-0.15, -0.1) is 11.3 Å². The Balaban J connectivity index is 2.47. The molecule has 1 atom stereocenters. The highest BCUT2D eigenvalue weighted by molar-refractivity contribution is 7.20. The van der Waals surface area contributed by atoms with E-state index >= 15 is 0 Å². The van der Waals surface area contributed by atoms with Crippen molar-refractivity contribution in [1.29, 1.82) is 0 Å². The molecule has 0 spiro atoms. The van der Waals surface area contributed by atoms with Gasteiger partial charge in [-0.1, -0.05) is 53.0 Å². The molecule has 2 N–H and O–H groups in total. The molecule has 90 valence electrons. The first-order valence-electron chi connectivity index (χ1n) is 4.96. The summed E-state index contributed by atoms with van der Waals surface area (Å²) in [5.41, 5.74) is 8.85. The highest BCUT2D eigenvalue weighted by atomic mass is 35.5. The molecule has 0 aliphatic rings. The van der Waals surface area contributed by atoms with Gasteiger partial charge in [0.25, 0.3) is 0 Å². The predicted octanol–water partition coefficient (Wildman–Crippen LogP) is 5.06. The maximum Gasteiger partial charge on any atom is 0.0995 e. The van der Waals surface area contributed by atoms with Crippen LogP contribution in [-0.4, -0.2) is 0 Å². The Morgan fingerprint density at radius 2 is 1.88 bits per heavy atom. The van der Waals surface area contributed by atoms with E-state index in [1.165, 1.54) is 11.3 Å². The molecular weight excluding hydrogens is 297 g/mol. The van der Waals surface area contributed by atoms with Crippen LogP contribution in [0.2, 0.25) is 13.7 Å². The van der Waals surface area contributed by atoms with E-state index < -0.39 is 0 Å². The molecule has 1 aromatic carbocycles. The van der Waals surface area contributed by atoms with Crippen molar-refractivity contribution in [3.63, 3.8) is 0 Å². The van der Waals surface area contributed by atoms with Gasteiger partial charge in [-0.3, -0.25) is 0 Å². The van der Waals surface area contributed by atoms with Crippen molar-refractivity contribution < 1.29 is 0 Å². The first-order chi connectivity index (χ1) is 8.00. The minimum Gasteiger partial charge on any atom is -0.320 e. The zero-order valence-corrected chi connectivity index (χ0v) is 12.1. The van der Waals surface area contributed by atoms with Crippen molar-refractivity contribution in [2.45, 2.75) is 13.0 Å². The zero-order valence-electron chi connectivity index (χ0n) is 9.01. The number of hydrogen-bond acceptors (Lipinski definition) is 2. The number of rotatable bonds is 2. The number of hydrogen-bond donors (Lipinski definition) is 1. The molecule has 0 aliphatic carbocycles. The lowest BCUT2D eigenvalue weighted by atomic mass is 10.0. The molecule has 2 rings (SSSR count). The molecule has 0 radical (unpaired) electrons. The summed E-state index contributed by atoms with van der Waals surface area (Å²) in [6.07, 6.45) is 0. The lowest BCUT2D eigenvalue weighted by Crippen LogP contribution is -2.12. The van der Waals surface area contributed by atoms with Gasteiger partial charge in [0.2, 0.25) is 0 Å². The molecule has 5 heteroatoms. The number of benzene rings is 1. The Hall–Kier alpha value is -0.250. The van der Waals surface area contributed by atoms with Crippen LogP contribution in [0.15, 0.2) is 24.3 Å². The smallest absolute Gasteiger partial charge is 0.0995 e. The molecule has 2 aromatic rings. The standard InChI is InChI=1S/C12H10Cl3NS/c1-6-3-2-4-7(10(6)14)11(16)8-5-9(13)17-12(8)15/h2-5,11H,16H2,1H3. The number of halogens is 3. The van der Waals surface area contributed by atoms with E-state index in [-0.39, 0.29) is 6.04 Å².